The Morgan fingerprint density at radius 3 is 2.81 bits per heavy atom. The van der Waals surface area contributed by atoms with Gasteiger partial charge in [-0.05, 0) is 38.6 Å². The first-order chi connectivity index (χ1) is 9.90. The Bertz CT molecular complexity index is 600. The lowest BCUT2D eigenvalue weighted by Gasteiger charge is -2.32. The highest BCUT2D eigenvalue weighted by atomic mass is 32.2. The van der Waals surface area contributed by atoms with Crippen LogP contribution in [0.3, 0.4) is 0 Å². The average Bonchev–Trinajstić information content (AvgIpc) is 2.46. The minimum absolute atomic E-state index is 0.0408. The Morgan fingerprint density at radius 1 is 1.48 bits per heavy atom. The zero-order valence-corrected chi connectivity index (χ0v) is 12.6. The number of hydrogen-bond acceptors (Lipinski definition) is 5. The normalized spacial score (nSPS) is 20.3. The lowest BCUT2D eigenvalue weighted by molar-refractivity contribution is 0.0696. The third kappa shape index (κ3) is 3.99. The lowest BCUT2D eigenvalue weighted by Crippen LogP contribution is -2.44. The third-order valence-electron chi connectivity index (χ3n) is 3.69. The molecule has 116 valence electrons. The first-order valence-electron chi connectivity index (χ1n) is 6.79. The van der Waals surface area contributed by atoms with Gasteiger partial charge < -0.3 is 10.0 Å². The van der Waals surface area contributed by atoms with Crippen molar-refractivity contribution in [2.24, 2.45) is 0 Å². The van der Waals surface area contributed by atoms with Crippen molar-refractivity contribution in [2.45, 2.75) is 30.3 Å². The van der Waals surface area contributed by atoms with Gasteiger partial charge in [0.2, 0.25) is 0 Å². The monoisotopic (exact) mass is 313 g/mol. The number of pyridine rings is 1. The number of rotatable bonds is 5. The van der Waals surface area contributed by atoms with Crippen LogP contribution in [0.5, 0.6) is 0 Å². The number of nitrogens with one attached hydrogen (secondary N) is 1. The smallest absolute Gasteiger partial charge is 0.337 e. The quantitative estimate of drug-likeness (QED) is 0.823. The molecule has 21 heavy (non-hydrogen) atoms. The molecule has 2 N–H and O–H groups in total. The van der Waals surface area contributed by atoms with Crippen LogP contribution in [-0.4, -0.2) is 55.6 Å². The van der Waals surface area contributed by atoms with E-state index in [2.05, 4.69) is 14.6 Å². The van der Waals surface area contributed by atoms with Crippen LogP contribution in [0, 0.1) is 0 Å². The Morgan fingerprint density at radius 2 is 2.24 bits per heavy atom. The molecule has 1 atom stereocenters. The number of likely N-dealkylation sites (tertiary alicyclic amines) is 1. The number of carboxylic acids is 1. The molecular weight excluding hydrogens is 294 g/mol. The minimum Gasteiger partial charge on any atom is -0.478 e. The number of nitrogens with zero attached hydrogens (tertiary/aromatic N) is 2. The molecule has 1 aliphatic rings. The largest absolute Gasteiger partial charge is 0.478 e. The van der Waals surface area contributed by atoms with E-state index in [1.807, 2.05) is 7.05 Å². The topological polar surface area (TPSA) is 99.6 Å². The van der Waals surface area contributed by atoms with E-state index in [4.69, 9.17) is 5.11 Å². The van der Waals surface area contributed by atoms with Gasteiger partial charge in [-0.2, -0.15) is 0 Å². The summed E-state index contributed by atoms with van der Waals surface area (Å²) in [5, 5.41) is 8.61. The number of likely N-dealkylation sites (N-methyl/N-ethyl adjacent to an activating group) is 1. The van der Waals surface area contributed by atoms with Gasteiger partial charge in [0.15, 0.2) is 5.03 Å². The van der Waals surface area contributed by atoms with E-state index in [0.29, 0.717) is 6.54 Å². The molecule has 0 radical (unpaired) electrons. The molecule has 1 unspecified atom stereocenters. The molecule has 0 aromatic carbocycles. The van der Waals surface area contributed by atoms with E-state index in [1.54, 1.807) is 0 Å². The summed E-state index contributed by atoms with van der Waals surface area (Å²) in [7, 11) is -1.72. The number of hydrogen-bond donors (Lipinski definition) is 2. The van der Waals surface area contributed by atoms with Crippen LogP contribution in [0.25, 0.3) is 0 Å². The second-order valence-electron chi connectivity index (χ2n) is 5.17. The number of carbonyl (C=O) groups is 1. The minimum atomic E-state index is -3.71. The van der Waals surface area contributed by atoms with Crippen LogP contribution in [0.15, 0.2) is 23.4 Å². The SMILES string of the molecule is CN1CCCCC1CNS(=O)(=O)c1ccc(C(=O)O)cn1. The van der Waals surface area contributed by atoms with E-state index in [-0.39, 0.29) is 16.6 Å². The highest BCUT2D eigenvalue weighted by Crippen LogP contribution is 2.15. The van der Waals surface area contributed by atoms with Gasteiger partial charge in [0, 0.05) is 18.8 Å². The lowest BCUT2D eigenvalue weighted by atomic mass is 10.0. The van der Waals surface area contributed by atoms with Gasteiger partial charge in [-0.3, -0.25) is 0 Å². The number of aromatic nitrogens is 1. The van der Waals surface area contributed by atoms with Crippen molar-refractivity contribution in [2.75, 3.05) is 20.1 Å². The van der Waals surface area contributed by atoms with Gasteiger partial charge in [0.25, 0.3) is 10.0 Å². The molecule has 0 spiro atoms. The van der Waals surface area contributed by atoms with Crippen LogP contribution in [0.4, 0.5) is 0 Å². The Balaban J connectivity index is 2.02. The van der Waals surface area contributed by atoms with Crippen molar-refractivity contribution < 1.29 is 18.3 Å². The molecule has 0 saturated carbocycles. The van der Waals surface area contributed by atoms with Gasteiger partial charge in [0.1, 0.15) is 0 Å². The maximum absolute atomic E-state index is 12.1. The van der Waals surface area contributed by atoms with Crippen LogP contribution in [0.1, 0.15) is 29.6 Å². The molecule has 0 bridgehead atoms. The van der Waals surface area contributed by atoms with Crippen molar-refractivity contribution >= 4 is 16.0 Å². The van der Waals surface area contributed by atoms with E-state index in [0.717, 1.165) is 32.0 Å². The number of aromatic carboxylic acids is 1. The highest BCUT2D eigenvalue weighted by Gasteiger charge is 2.22. The van der Waals surface area contributed by atoms with Crippen LogP contribution in [0.2, 0.25) is 0 Å². The fraction of sp³-hybridized carbons (Fsp3) is 0.538. The number of piperidine rings is 1. The summed E-state index contributed by atoms with van der Waals surface area (Å²) in [6.07, 6.45) is 4.24. The molecule has 1 aromatic heterocycles. The van der Waals surface area contributed by atoms with Crippen molar-refractivity contribution in [3.63, 3.8) is 0 Å². The number of carboxylic acid groups (broad SMARTS) is 1. The first-order valence-corrected chi connectivity index (χ1v) is 8.28. The standard InChI is InChI=1S/C13H19N3O4S/c1-16-7-3-2-4-11(16)9-15-21(19,20)12-6-5-10(8-14-12)13(17)18/h5-6,8,11,15H,2-4,7,9H2,1H3,(H,17,18). The van der Waals surface area contributed by atoms with Crippen molar-refractivity contribution in [3.8, 4) is 0 Å². The summed E-state index contributed by atoms with van der Waals surface area (Å²) in [5.74, 6) is -1.14. The summed E-state index contributed by atoms with van der Waals surface area (Å²) in [4.78, 5) is 16.6. The Labute approximate surface area is 124 Å². The van der Waals surface area contributed by atoms with Crippen LogP contribution < -0.4 is 4.72 Å². The predicted octanol–water partition coefficient (Wildman–Crippen LogP) is 0.542. The van der Waals surface area contributed by atoms with Gasteiger partial charge in [-0.25, -0.2) is 22.9 Å². The maximum atomic E-state index is 12.1. The molecule has 1 saturated heterocycles. The summed E-state index contributed by atoms with van der Waals surface area (Å²) >= 11 is 0. The van der Waals surface area contributed by atoms with Crippen LogP contribution in [-0.2, 0) is 10.0 Å². The summed E-state index contributed by atoms with van der Waals surface area (Å²) in [6.45, 7) is 1.30. The van der Waals surface area contributed by atoms with Crippen LogP contribution >= 0.6 is 0 Å². The van der Waals surface area contributed by atoms with E-state index < -0.39 is 16.0 Å². The van der Waals surface area contributed by atoms with Gasteiger partial charge >= 0.3 is 5.97 Å². The highest BCUT2D eigenvalue weighted by molar-refractivity contribution is 7.89. The zero-order chi connectivity index (χ0) is 15.5. The van der Waals surface area contributed by atoms with Crippen molar-refractivity contribution in [1.29, 1.82) is 0 Å². The molecule has 2 heterocycles. The fourth-order valence-corrected chi connectivity index (χ4v) is 3.35. The number of sulfonamides is 1. The Kier molecular flexibility index (Phi) is 4.92. The van der Waals surface area contributed by atoms with E-state index in [1.165, 1.54) is 12.1 Å². The summed E-state index contributed by atoms with van der Waals surface area (Å²) in [5.41, 5.74) is -0.0408. The second-order valence-corrected chi connectivity index (χ2v) is 6.89. The predicted molar refractivity (Wildman–Crippen MR) is 76.7 cm³/mol. The summed E-state index contributed by atoms with van der Waals surface area (Å²) < 4.78 is 26.8. The molecule has 1 fully saturated rings. The fourth-order valence-electron chi connectivity index (χ4n) is 2.35. The van der Waals surface area contributed by atoms with E-state index in [9.17, 15) is 13.2 Å². The zero-order valence-electron chi connectivity index (χ0n) is 11.8. The third-order valence-corrected chi connectivity index (χ3v) is 5.03. The first kappa shape index (κ1) is 15.9. The molecule has 1 aromatic rings. The molecule has 8 heteroatoms. The van der Waals surface area contributed by atoms with Gasteiger partial charge in [-0.15, -0.1) is 0 Å². The second kappa shape index (κ2) is 6.50. The van der Waals surface area contributed by atoms with Gasteiger partial charge in [-0.1, -0.05) is 6.42 Å². The molecule has 0 aliphatic carbocycles. The molecule has 7 nitrogen and oxygen atoms in total. The van der Waals surface area contributed by atoms with Gasteiger partial charge in [0.05, 0.1) is 5.56 Å². The molecule has 0 amide bonds. The maximum Gasteiger partial charge on any atom is 0.337 e. The Hall–Kier alpha value is -1.51. The molecular formula is C13H19N3O4S. The summed E-state index contributed by atoms with van der Waals surface area (Å²) in [6, 6.07) is 2.62. The molecule has 2 rings (SSSR count). The van der Waals surface area contributed by atoms with Crippen molar-refractivity contribution in [1.82, 2.24) is 14.6 Å². The van der Waals surface area contributed by atoms with E-state index >= 15 is 0 Å². The molecule has 1 aliphatic heterocycles. The van der Waals surface area contributed by atoms with Crippen molar-refractivity contribution in [3.05, 3.63) is 23.9 Å². The average molecular weight is 313 g/mol.